The van der Waals surface area contributed by atoms with Crippen LogP contribution in [-0.4, -0.2) is 9.97 Å². The Bertz CT molecular complexity index is 1110. The van der Waals surface area contributed by atoms with Gasteiger partial charge in [0.25, 0.3) is 0 Å². The fourth-order valence-electron chi connectivity index (χ4n) is 3.32. The maximum absolute atomic E-state index is 4.08. The van der Waals surface area contributed by atoms with Gasteiger partial charge in [-0.05, 0) is 101 Å². The Kier molecular flexibility index (Phi) is 29.7. The summed E-state index contributed by atoms with van der Waals surface area (Å²) in [4.78, 5) is 8.16. The Morgan fingerprint density at radius 2 is 0.591 bits per heavy atom. The molecular formula is C42H64N2. The van der Waals surface area contributed by atoms with Crippen molar-refractivity contribution in [2.45, 2.75) is 111 Å². The molecule has 3 aromatic carbocycles. The van der Waals surface area contributed by atoms with Gasteiger partial charge in [-0.1, -0.05) is 139 Å². The first-order chi connectivity index (χ1) is 21.2. The fourth-order valence-corrected chi connectivity index (χ4v) is 3.32. The van der Waals surface area contributed by atoms with Gasteiger partial charge >= 0.3 is 0 Å². The van der Waals surface area contributed by atoms with E-state index in [9.17, 15) is 0 Å². The highest BCUT2D eigenvalue weighted by molar-refractivity contribution is 5.88. The van der Waals surface area contributed by atoms with Crippen molar-refractivity contribution in [2.24, 2.45) is 0 Å². The van der Waals surface area contributed by atoms with Gasteiger partial charge in [-0.25, -0.2) is 0 Å². The molecule has 2 nitrogen and oxygen atoms in total. The zero-order valence-electron chi connectivity index (χ0n) is 31.1. The topological polar surface area (TPSA) is 25.8 Å². The van der Waals surface area contributed by atoms with Crippen molar-refractivity contribution in [1.29, 1.82) is 0 Å². The molecule has 2 heteroatoms. The van der Waals surface area contributed by atoms with Gasteiger partial charge in [-0.3, -0.25) is 9.97 Å². The van der Waals surface area contributed by atoms with Gasteiger partial charge in [0.1, 0.15) is 0 Å². The molecule has 0 aliphatic heterocycles. The maximum Gasteiger partial charge on any atom is 0.0372 e. The second-order valence-corrected chi connectivity index (χ2v) is 9.35. The van der Waals surface area contributed by atoms with Crippen LogP contribution in [0.2, 0.25) is 0 Å². The van der Waals surface area contributed by atoms with Gasteiger partial charge in [-0.2, -0.15) is 0 Å². The number of fused-ring (bicyclic) bond motifs is 1. The summed E-state index contributed by atoms with van der Waals surface area (Å²) >= 11 is 0. The Balaban J connectivity index is -0.000000479. The Morgan fingerprint density at radius 3 is 0.818 bits per heavy atom. The van der Waals surface area contributed by atoms with E-state index in [2.05, 4.69) is 110 Å². The van der Waals surface area contributed by atoms with Crippen molar-refractivity contribution < 1.29 is 0 Å². The number of aromatic nitrogens is 2. The molecule has 0 spiro atoms. The molecule has 44 heavy (non-hydrogen) atoms. The van der Waals surface area contributed by atoms with Gasteiger partial charge in [0.05, 0.1) is 0 Å². The van der Waals surface area contributed by atoms with Crippen LogP contribution in [0.1, 0.15) is 100 Å². The van der Waals surface area contributed by atoms with Crippen LogP contribution >= 0.6 is 0 Å². The predicted octanol–water partition coefficient (Wildman–Crippen LogP) is 13.3. The molecule has 0 unspecified atom stereocenters. The van der Waals surface area contributed by atoms with Crippen molar-refractivity contribution in [1.82, 2.24) is 9.97 Å². The van der Waals surface area contributed by atoms with Crippen molar-refractivity contribution >= 4 is 10.8 Å². The van der Waals surface area contributed by atoms with E-state index >= 15 is 0 Å². The molecule has 0 amide bonds. The molecule has 0 aliphatic rings. The molecule has 0 saturated carbocycles. The van der Waals surface area contributed by atoms with Crippen LogP contribution < -0.4 is 0 Å². The number of nitrogens with zero attached hydrogens (tertiary/aromatic N) is 2. The normalized spacial score (nSPS) is 8.45. The van der Waals surface area contributed by atoms with Crippen LogP contribution in [-0.2, 0) is 0 Å². The van der Waals surface area contributed by atoms with Crippen LogP contribution in [0.15, 0.2) is 97.3 Å². The largest absolute Gasteiger partial charge is 0.261 e. The fraction of sp³-hybridized carbons (Fsp3) is 0.381. The molecule has 2 aromatic heterocycles. The van der Waals surface area contributed by atoms with E-state index in [0.717, 1.165) is 11.4 Å². The van der Waals surface area contributed by atoms with Crippen LogP contribution in [0, 0.1) is 55.4 Å². The molecule has 242 valence electrons. The van der Waals surface area contributed by atoms with Gasteiger partial charge in [0.2, 0.25) is 0 Å². The van der Waals surface area contributed by atoms with E-state index in [1.807, 2.05) is 108 Å². The summed E-state index contributed by atoms with van der Waals surface area (Å²) in [6.45, 7) is 32.5. The highest BCUT2D eigenvalue weighted by atomic mass is 14.7. The minimum atomic E-state index is 1.08. The third-order valence-corrected chi connectivity index (χ3v) is 5.70. The molecule has 5 aromatic rings. The summed E-state index contributed by atoms with van der Waals surface area (Å²) < 4.78 is 0. The summed E-state index contributed by atoms with van der Waals surface area (Å²) in [5.41, 5.74) is 9.97. The number of hydrogen-bond donors (Lipinski definition) is 0. The van der Waals surface area contributed by atoms with E-state index in [-0.39, 0.29) is 0 Å². The maximum atomic E-state index is 4.08. The van der Waals surface area contributed by atoms with Crippen LogP contribution in [0.5, 0.6) is 0 Å². The highest BCUT2D eigenvalue weighted by Crippen LogP contribution is 2.21. The average molecular weight is 597 g/mol. The summed E-state index contributed by atoms with van der Waals surface area (Å²) in [5.74, 6) is 0. The number of pyridine rings is 2. The quantitative estimate of drug-likeness (QED) is 0.178. The summed E-state index contributed by atoms with van der Waals surface area (Å²) in [7, 11) is 0. The second-order valence-electron chi connectivity index (χ2n) is 9.35. The highest BCUT2D eigenvalue weighted by Gasteiger charge is 1.97. The van der Waals surface area contributed by atoms with Gasteiger partial charge in [0, 0.05) is 23.8 Å². The Labute approximate surface area is 273 Å². The first-order valence-corrected chi connectivity index (χ1v) is 16.4. The third kappa shape index (κ3) is 21.0. The average Bonchev–Trinajstić information content (AvgIpc) is 3.08. The standard InChI is InChI=1S/C12H12.C8H10.2C7H9N.4C2H6/c1-9-7-8-10(2)12-6-4-3-5-11(9)12;1-7-3-5-8(2)6-4-7;2*1-6-3-4-7(2)8-5-6;4*1-2/h3-8H,1-2H3;3-6H,1-2H3;2*3-5H,1-2H3;4*1-2H3. The van der Waals surface area contributed by atoms with E-state index in [1.165, 1.54) is 44.2 Å². The van der Waals surface area contributed by atoms with Crippen LogP contribution in [0.3, 0.4) is 0 Å². The van der Waals surface area contributed by atoms with Gasteiger partial charge < -0.3 is 0 Å². The van der Waals surface area contributed by atoms with Crippen LogP contribution in [0.4, 0.5) is 0 Å². The number of aryl methyl sites for hydroxylation is 8. The number of benzene rings is 3. The van der Waals surface area contributed by atoms with E-state index in [0.29, 0.717) is 0 Å². The molecule has 0 radical (unpaired) electrons. The molecule has 0 atom stereocenters. The molecule has 0 fully saturated rings. The van der Waals surface area contributed by atoms with E-state index < -0.39 is 0 Å². The van der Waals surface area contributed by atoms with E-state index in [4.69, 9.17) is 0 Å². The molecular weight excluding hydrogens is 532 g/mol. The zero-order valence-corrected chi connectivity index (χ0v) is 31.1. The van der Waals surface area contributed by atoms with E-state index in [1.54, 1.807) is 0 Å². The zero-order chi connectivity index (χ0) is 34.5. The molecule has 5 rings (SSSR count). The lowest BCUT2D eigenvalue weighted by Crippen LogP contribution is -1.80. The number of rotatable bonds is 0. The predicted molar refractivity (Wildman–Crippen MR) is 202 cm³/mol. The third-order valence-electron chi connectivity index (χ3n) is 5.70. The molecule has 0 N–H and O–H groups in total. The second kappa shape index (κ2) is 29.3. The lowest BCUT2D eigenvalue weighted by molar-refractivity contribution is 1.17. The lowest BCUT2D eigenvalue weighted by Gasteiger charge is -2.03. The molecule has 2 heterocycles. The monoisotopic (exact) mass is 597 g/mol. The minimum absolute atomic E-state index is 1.08. The van der Waals surface area contributed by atoms with Crippen molar-refractivity contribution in [3.05, 3.63) is 142 Å². The van der Waals surface area contributed by atoms with Gasteiger partial charge in [0.15, 0.2) is 0 Å². The molecule has 0 aliphatic carbocycles. The molecule has 0 saturated heterocycles. The Hall–Kier alpha value is -3.78. The van der Waals surface area contributed by atoms with Crippen molar-refractivity contribution in [2.75, 3.05) is 0 Å². The lowest BCUT2D eigenvalue weighted by atomic mass is 10.0. The summed E-state index contributed by atoms with van der Waals surface area (Å²) in [6.07, 6.45) is 3.74. The van der Waals surface area contributed by atoms with Gasteiger partial charge in [-0.15, -0.1) is 0 Å². The Morgan fingerprint density at radius 1 is 0.318 bits per heavy atom. The smallest absolute Gasteiger partial charge is 0.0372 e. The SMILES string of the molecule is CC.CC.CC.CC.Cc1ccc(C)c2ccccc12.Cc1ccc(C)cc1.Cc1ccc(C)nc1.Cc1ccc(C)nc1. The summed E-state index contributed by atoms with van der Waals surface area (Å²) in [5, 5.41) is 2.75. The van der Waals surface area contributed by atoms with Crippen molar-refractivity contribution in [3.8, 4) is 0 Å². The number of hydrogen-bond acceptors (Lipinski definition) is 2. The van der Waals surface area contributed by atoms with Crippen molar-refractivity contribution in [3.63, 3.8) is 0 Å². The first kappa shape index (κ1) is 44.7. The first-order valence-electron chi connectivity index (χ1n) is 16.4. The summed E-state index contributed by atoms with van der Waals surface area (Å²) in [6, 6.07) is 29.5. The minimum Gasteiger partial charge on any atom is -0.261 e. The molecule has 0 bridgehead atoms. The van der Waals surface area contributed by atoms with Crippen LogP contribution in [0.25, 0.3) is 10.8 Å².